The van der Waals surface area contributed by atoms with Gasteiger partial charge in [-0.1, -0.05) is 19.0 Å². The third-order valence-corrected chi connectivity index (χ3v) is 2.94. The molecule has 1 aromatic rings. The highest BCUT2D eigenvalue weighted by Gasteiger charge is 2.19. The first-order valence-corrected chi connectivity index (χ1v) is 6.86. The molecule has 0 atom stereocenters. The monoisotopic (exact) mass is 293 g/mol. The summed E-state index contributed by atoms with van der Waals surface area (Å²) >= 11 is 0. The zero-order valence-corrected chi connectivity index (χ0v) is 13.0. The lowest BCUT2D eigenvalue weighted by atomic mass is 10.0. The van der Waals surface area contributed by atoms with E-state index in [1.54, 1.807) is 32.2 Å². The largest absolute Gasteiger partial charge is 0.512 e. The number of ether oxygens (including phenoxy) is 1. The van der Waals surface area contributed by atoms with Gasteiger partial charge in [0.15, 0.2) is 0 Å². The third-order valence-electron chi connectivity index (χ3n) is 2.94. The SMILES string of the molecule is CC(C)C(O)=C(CN)c1ccc(OCC(C)(C)N=O)cn1. The van der Waals surface area contributed by atoms with Crippen molar-refractivity contribution in [3.8, 4) is 5.75 Å². The number of hydrogen-bond acceptors (Lipinski definition) is 6. The Hall–Kier alpha value is -1.95. The summed E-state index contributed by atoms with van der Waals surface area (Å²) in [6, 6.07) is 3.46. The Bertz CT molecular complexity index is 507. The number of hydrogen-bond donors (Lipinski definition) is 2. The van der Waals surface area contributed by atoms with Crippen LogP contribution in [-0.4, -0.2) is 28.8 Å². The van der Waals surface area contributed by atoms with Crippen molar-refractivity contribution >= 4 is 5.57 Å². The third kappa shape index (κ3) is 4.82. The van der Waals surface area contributed by atoms with Crippen LogP contribution in [-0.2, 0) is 0 Å². The van der Waals surface area contributed by atoms with E-state index in [2.05, 4.69) is 10.2 Å². The second-order valence-electron chi connectivity index (χ2n) is 5.79. The first-order chi connectivity index (χ1) is 9.80. The molecular formula is C15H23N3O3. The number of nitroso groups, excluding NO2 is 1. The van der Waals surface area contributed by atoms with E-state index in [0.29, 0.717) is 17.0 Å². The van der Waals surface area contributed by atoms with Crippen LogP contribution >= 0.6 is 0 Å². The van der Waals surface area contributed by atoms with Gasteiger partial charge < -0.3 is 15.6 Å². The van der Waals surface area contributed by atoms with E-state index in [0.717, 1.165) is 0 Å². The van der Waals surface area contributed by atoms with Crippen LogP contribution < -0.4 is 10.5 Å². The Morgan fingerprint density at radius 2 is 2.14 bits per heavy atom. The number of allylic oxidation sites excluding steroid dienone is 1. The van der Waals surface area contributed by atoms with Gasteiger partial charge in [-0.15, -0.1) is 0 Å². The van der Waals surface area contributed by atoms with Gasteiger partial charge in [0.25, 0.3) is 0 Å². The fourth-order valence-corrected chi connectivity index (χ4v) is 1.62. The molecule has 0 aliphatic carbocycles. The fourth-order valence-electron chi connectivity index (χ4n) is 1.62. The van der Waals surface area contributed by atoms with Crippen LogP contribution in [0.2, 0.25) is 0 Å². The number of nitrogens with zero attached hydrogens (tertiary/aromatic N) is 2. The van der Waals surface area contributed by atoms with E-state index in [9.17, 15) is 10.0 Å². The minimum atomic E-state index is -0.781. The summed E-state index contributed by atoms with van der Waals surface area (Å²) < 4.78 is 5.47. The van der Waals surface area contributed by atoms with Crippen LogP contribution in [0, 0.1) is 10.8 Å². The summed E-state index contributed by atoms with van der Waals surface area (Å²) in [5.74, 6) is 0.765. The molecule has 6 heteroatoms. The first kappa shape index (κ1) is 17.1. The Labute approximate surface area is 125 Å². The quantitative estimate of drug-likeness (QED) is 0.595. The van der Waals surface area contributed by atoms with E-state index in [1.165, 1.54) is 0 Å². The molecular weight excluding hydrogens is 270 g/mol. The normalized spacial score (nSPS) is 13.0. The molecule has 6 nitrogen and oxygen atoms in total. The molecule has 0 saturated heterocycles. The van der Waals surface area contributed by atoms with E-state index < -0.39 is 5.54 Å². The molecule has 1 heterocycles. The maximum atomic E-state index is 10.6. The predicted octanol–water partition coefficient (Wildman–Crippen LogP) is 2.89. The molecule has 1 aromatic heterocycles. The van der Waals surface area contributed by atoms with Gasteiger partial charge in [-0.3, -0.25) is 4.98 Å². The van der Waals surface area contributed by atoms with Crippen LogP contribution in [0.5, 0.6) is 5.75 Å². The van der Waals surface area contributed by atoms with Crippen LogP contribution in [0.3, 0.4) is 0 Å². The minimum absolute atomic E-state index is 0.0132. The van der Waals surface area contributed by atoms with E-state index in [-0.39, 0.29) is 24.8 Å². The molecule has 0 saturated carbocycles. The van der Waals surface area contributed by atoms with E-state index in [1.807, 2.05) is 13.8 Å². The first-order valence-electron chi connectivity index (χ1n) is 6.86. The average Bonchev–Trinajstić information content (AvgIpc) is 2.47. The molecule has 0 amide bonds. The van der Waals surface area contributed by atoms with Crippen LogP contribution in [0.25, 0.3) is 5.57 Å². The van der Waals surface area contributed by atoms with E-state index in [4.69, 9.17) is 10.5 Å². The van der Waals surface area contributed by atoms with Gasteiger partial charge in [-0.2, -0.15) is 4.91 Å². The zero-order valence-electron chi connectivity index (χ0n) is 13.0. The van der Waals surface area contributed by atoms with Crippen molar-refractivity contribution < 1.29 is 9.84 Å². The molecule has 0 bridgehead atoms. The second-order valence-corrected chi connectivity index (χ2v) is 5.79. The maximum absolute atomic E-state index is 10.6. The van der Waals surface area contributed by atoms with Gasteiger partial charge in [0.1, 0.15) is 23.7 Å². The highest BCUT2D eigenvalue weighted by molar-refractivity contribution is 5.66. The summed E-state index contributed by atoms with van der Waals surface area (Å²) in [5.41, 5.74) is 6.13. The maximum Gasteiger partial charge on any atom is 0.137 e. The zero-order chi connectivity index (χ0) is 16.0. The Morgan fingerprint density at radius 3 is 2.57 bits per heavy atom. The number of pyridine rings is 1. The summed E-state index contributed by atoms with van der Waals surface area (Å²) in [6.45, 7) is 7.54. The lowest BCUT2D eigenvalue weighted by Crippen LogP contribution is -2.25. The Kier molecular flexibility index (Phi) is 5.84. The highest BCUT2D eigenvalue weighted by atomic mass is 16.5. The van der Waals surface area contributed by atoms with Crippen molar-refractivity contribution in [3.63, 3.8) is 0 Å². The number of rotatable bonds is 7. The van der Waals surface area contributed by atoms with Gasteiger partial charge in [0, 0.05) is 18.0 Å². The van der Waals surface area contributed by atoms with Crippen molar-refractivity contribution in [2.75, 3.05) is 13.2 Å². The molecule has 0 spiro atoms. The number of nitrogens with two attached hydrogens (primary N) is 1. The van der Waals surface area contributed by atoms with Gasteiger partial charge in [0.05, 0.1) is 11.9 Å². The molecule has 21 heavy (non-hydrogen) atoms. The molecule has 0 unspecified atom stereocenters. The fraction of sp³-hybridized carbons (Fsp3) is 0.533. The van der Waals surface area contributed by atoms with Gasteiger partial charge in [0.2, 0.25) is 0 Å². The van der Waals surface area contributed by atoms with Crippen molar-refractivity contribution in [1.82, 2.24) is 4.98 Å². The van der Waals surface area contributed by atoms with E-state index >= 15 is 0 Å². The topological polar surface area (TPSA) is 97.8 Å². The predicted molar refractivity (Wildman–Crippen MR) is 83.0 cm³/mol. The summed E-state index contributed by atoms with van der Waals surface area (Å²) in [7, 11) is 0. The number of aromatic nitrogens is 1. The Morgan fingerprint density at radius 1 is 1.48 bits per heavy atom. The lowest BCUT2D eigenvalue weighted by molar-refractivity contribution is 0.243. The second kappa shape index (κ2) is 7.17. The van der Waals surface area contributed by atoms with Crippen LogP contribution in [0.1, 0.15) is 33.4 Å². The molecule has 0 aliphatic heterocycles. The minimum Gasteiger partial charge on any atom is -0.512 e. The smallest absolute Gasteiger partial charge is 0.137 e. The number of aliphatic hydroxyl groups is 1. The van der Waals surface area contributed by atoms with Crippen LogP contribution in [0.15, 0.2) is 29.3 Å². The molecule has 1 rings (SSSR count). The highest BCUT2D eigenvalue weighted by Crippen LogP contribution is 2.22. The summed E-state index contributed by atoms with van der Waals surface area (Å²) in [6.07, 6.45) is 1.54. The molecule has 0 aromatic carbocycles. The lowest BCUT2D eigenvalue weighted by Gasteiger charge is -2.16. The van der Waals surface area contributed by atoms with Crippen LogP contribution in [0.4, 0.5) is 0 Å². The van der Waals surface area contributed by atoms with Crippen molar-refractivity contribution in [1.29, 1.82) is 0 Å². The standard InChI is InChI=1S/C15H23N3O3/c1-10(2)14(19)12(7-16)13-6-5-11(8-17-13)21-9-15(3,4)18-20/h5-6,8,10,19H,7,9,16H2,1-4H3. The van der Waals surface area contributed by atoms with Crippen molar-refractivity contribution in [2.24, 2.45) is 16.8 Å². The van der Waals surface area contributed by atoms with Crippen molar-refractivity contribution in [3.05, 3.63) is 34.7 Å². The molecule has 116 valence electrons. The van der Waals surface area contributed by atoms with Gasteiger partial charge >= 0.3 is 0 Å². The Balaban J connectivity index is 2.87. The average molecular weight is 293 g/mol. The van der Waals surface area contributed by atoms with Gasteiger partial charge in [-0.05, 0) is 26.0 Å². The molecule has 0 radical (unpaired) electrons. The molecule has 0 fully saturated rings. The summed E-state index contributed by atoms with van der Waals surface area (Å²) in [4.78, 5) is 14.8. The van der Waals surface area contributed by atoms with Crippen molar-refractivity contribution in [2.45, 2.75) is 33.2 Å². The number of aliphatic hydroxyl groups excluding tert-OH is 1. The van der Waals surface area contributed by atoms with Gasteiger partial charge in [-0.25, -0.2) is 0 Å². The molecule has 3 N–H and O–H groups in total. The summed E-state index contributed by atoms with van der Waals surface area (Å²) in [5, 5.41) is 13.0. The molecule has 0 aliphatic rings.